The molecule has 0 spiro atoms. The smallest absolute Gasteiger partial charge is 0.346 e. The molecule has 0 aliphatic rings. The molecule has 4 nitrogen and oxygen atoms in total. The monoisotopic (exact) mass is 309 g/mol. The first-order valence-corrected chi connectivity index (χ1v) is 6.99. The Labute approximate surface area is 125 Å². The maximum absolute atomic E-state index is 12.1. The minimum Gasteiger partial charge on any atom is -0.477 e. The van der Waals surface area contributed by atoms with Crippen molar-refractivity contribution in [3.63, 3.8) is 0 Å². The molecular weight excluding hydrogens is 298 g/mol. The third-order valence-corrected chi connectivity index (χ3v) is 4.16. The van der Waals surface area contributed by atoms with E-state index in [-0.39, 0.29) is 10.8 Å². The van der Waals surface area contributed by atoms with E-state index in [0.717, 1.165) is 16.9 Å². The van der Waals surface area contributed by atoms with Crippen LogP contribution in [0.1, 0.15) is 31.2 Å². The van der Waals surface area contributed by atoms with Crippen molar-refractivity contribution in [1.82, 2.24) is 0 Å². The fraction of sp³-hybridized carbons (Fsp3) is 0.143. The maximum atomic E-state index is 12.1. The topological polar surface area (TPSA) is 66.4 Å². The van der Waals surface area contributed by atoms with Gasteiger partial charge >= 0.3 is 5.97 Å². The molecule has 1 aromatic carbocycles. The zero-order chi connectivity index (χ0) is 14.9. The lowest BCUT2D eigenvalue weighted by Gasteiger charge is -2.06. The van der Waals surface area contributed by atoms with Crippen molar-refractivity contribution in [1.29, 1.82) is 0 Å². The average molecular weight is 310 g/mol. The van der Waals surface area contributed by atoms with Gasteiger partial charge in [-0.05, 0) is 49.2 Å². The molecule has 0 aliphatic heterocycles. The highest BCUT2D eigenvalue weighted by molar-refractivity contribution is 7.18. The van der Waals surface area contributed by atoms with Crippen molar-refractivity contribution in [2.24, 2.45) is 0 Å². The fourth-order valence-corrected chi connectivity index (χ4v) is 2.95. The summed E-state index contributed by atoms with van der Waals surface area (Å²) in [7, 11) is 0. The number of carboxylic acids is 1. The van der Waals surface area contributed by atoms with E-state index < -0.39 is 5.97 Å². The average Bonchev–Trinajstić information content (AvgIpc) is 2.70. The number of carbonyl (C=O) groups excluding carboxylic acids is 1. The van der Waals surface area contributed by atoms with Crippen LogP contribution in [0.3, 0.4) is 0 Å². The first kappa shape index (κ1) is 14.6. The van der Waals surface area contributed by atoms with Crippen LogP contribution >= 0.6 is 22.9 Å². The normalized spacial score (nSPS) is 10.3. The van der Waals surface area contributed by atoms with Gasteiger partial charge in [0.15, 0.2) is 0 Å². The van der Waals surface area contributed by atoms with Crippen LogP contribution in [0, 0.1) is 13.8 Å². The second-order valence-electron chi connectivity index (χ2n) is 4.34. The van der Waals surface area contributed by atoms with Crippen LogP contribution in [0.5, 0.6) is 0 Å². The molecule has 0 saturated carbocycles. The summed E-state index contributed by atoms with van der Waals surface area (Å²) in [6, 6.07) is 6.65. The van der Waals surface area contributed by atoms with Crippen LogP contribution in [0.15, 0.2) is 24.3 Å². The molecule has 1 aromatic heterocycles. The molecular formula is C14H12ClNO3S. The quantitative estimate of drug-likeness (QED) is 0.901. The molecule has 2 rings (SSSR count). The largest absolute Gasteiger partial charge is 0.477 e. The molecule has 1 amide bonds. The molecule has 2 aromatic rings. The number of hydrogen-bond donors (Lipinski definition) is 2. The number of rotatable bonds is 3. The van der Waals surface area contributed by atoms with Crippen molar-refractivity contribution >= 4 is 39.8 Å². The molecule has 0 atom stereocenters. The molecule has 6 heteroatoms. The van der Waals surface area contributed by atoms with E-state index in [0.29, 0.717) is 21.2 Å². The molecule has 0 fully saturated rings. The molecule has 0 saturated heterocycles. The first-order valence-electron chi connectivity index (χ1n) is 5.79. The Bertz CT molecular complexity index is 694. The third-order valence-electron chi connectivity index (χ3n) is 2.78. The third kappa shape index (κ3) is 3.00. The molecule has 0 radical (unpaired) electrons. The number of nitrogens with one attached hydrogen (secondary N) is 1. The maximum Gasteiger partial charge on any atom is 0.346 e. The van der Waals surface area contributed by atoms with E-state index in [4.69, 9.17) is 16.7 Å². The summed E-state index contributed by atoms with van der Waals surface area (Å²) in [5, 5.41) is 12.8. The zero-order valence-corrected chi connectivity index (χ0v) is 12.4. The van der Waals surface area contributed by atoms with E-state index >= 15 is 0 Å². The number of carboxylic acid groups (broad SMARTS) is 1. The predicted molar refractivity (Wildman–Crippen MR) is 80.2 cm³/mol. The van der Waals surface area contributed by atoms with Crippen LogP contribution in [-0.4, -0.2) is 17.0 Å². The summed E-state index contributed by atoms with van der Waals surface area (Å²) in [5.74, 6) is -1.27. The summed E-state index contributed by atoms with van der Waals surface area (Å²) in [6.45, 7) is 3.49. The van der Waals surface area contributed by atoms with Gasteiger partial charge in [-0.15, -0.1) is 11.3 Å². The Morgan fingerprint density at radius 3 is 2.45 bits per heavy atom. The van der Waals surface area contributed by atoms with Gasteiger partial charge in [-0.25, -0.2) is 4.79 Å². The van der Waals surface area contributed by atoms with E-state index in [1.807, 2.05) is 0 Å². The summed E-state index contributed by atoms with van der Waals surface area (Å²) in [6.07, 6.45) is 0. The van der Waals surface area contributed by atoms with Crippen molar-refractivity contribution in [2.75, 3.05) is 5.32 Å². The highest BCUT2D eigenvalue weighted by atomic mass is 35.5. The van der Waals surface area contributed by atoms with E-state index in [1.54, 1.807) is 38.1 Å². The fourth-order valence-electron chi connectivity index (χ4n) is 1.82. The van der Waals surface area contributed by atoms with Crippen molar-refractivity contribution in [3.8, 4) is 0 Å². The van der Waals surface area contributed by atoms with Gasteiger partial charge in [-0.3, -0.25) is 4.79 Å². The first-order chi connectivity index (χ1) is 9.38. The van der Waals surface area contributed by atoms with Gasteiger partial charge in [0.2, 0.25) is 0 Å². The number of thiophene rings is 1. The number of aryl methyl sites for hydroxylation is 2. The van der Waals surface area contributed by atoms with Crippen LogP contribution in [0.2, 0.25) is 5.02 Å². The number of halogens is 1. The van der Waals surface area contributed by atoms with Crippen LogP contribution < -0.4 is 5.32 Å². The summed E-state index contributed by atoms with van der Waals surface area (Å²) < 4.78 is 0. The number of benzene rings is 1. The SMILES string of the molecule is Cc1cc(Cl)ccc1C(=O)Nc1cc(C)c(C(=O)O)s1. The van der Waals surface area contributed by atoms with E-state index in [9.17, 15) is 9.59 Å². The lowest BCUT2D eigenvalue weighted by atomic mass is 10.1. The number of hydrogen-bond acceptors (Lipinski definition) is 3. The molecule has 0 aliphatic carbocycles. The van der Waals surface area contributed by atoms with Gasteiger partial charge < -0.3 is 10.4 Å². The minimum absolute atomic E-state index is 0.230. The molecule has 1 heterocycles. The number of amides is 1. The lowest BCUT2D eigenvalue weighted by molar-refractivity contribution is 0.0701. The standard InChI is InChI=1S/C14H12ClNO3S/c1-7-5-9(15)3-4-10(7)13(17)16-11-6-8(2)12(20-11)14(18)19/h3-6H,1-2H3,(H,16,17)(H,18,19). The summed E-state index contributed by atoms with van der Waals surface area (Å²) in [4.78, 5) is 23.3. The van der Waals surface area contributed by atoms with Crippen molar-refractivity contribution < 1.29 is 14.7 Å². The summed E-state index contributed by atoms with van der Waals surface area (Å²) >= 11 is 6.89. The van der Waals surface area contributed by atoms with E-state index in [1.165, 1.54) is 0 Å². The van der Waals surface area contributed by atoms with Gasteiger partial charge in [0.25, 0.3) is 5.91 Å². The number of aromatic carboxylic acids is 1. The van der Waals surface area contributed by atoms with Crippen molar-refractivity contribution in [3.05, 3.63) is 50.9 Å². The number of carbonyl (C=O) groups is 2. The second-order valence-corrected chi connectivity index (χ2v) is 5.83. The van der Waals surface area contributed by atoms with Gasteiger partial charge in [-0.2, -0.15) is 0 Å². The molecule has 0 bridgehead atoms. The van der Waals surface area contributed by atoms with Gasteiger partial charge in [0, 0.05) is 10.6 Å². The van der Waals surface area contributed by atoms with Crippen LogP contribution in [0.4, 0.5) is 5.00 Å². The number of anilines is 1. The van der Waals surface area contributed by atoms with Gasteiger partial charge in [-0.1, -0.05) is 11.6 Å². The molecule has 20 heavy (non-hydrogen) atoms. The van der Waals surface area contributed by atoms with Gasteiger partial charge in [0.05, 0.1) is 5.00 Å². The van der Waals surface area contributed by atoms with Gasteiger partial charge in [0.1, 0.15) is 4.88 Å². The Balaban J connectivity index is 2.23. The van der Waals surface area contributed by atoms with Crippen LogP contribution in [-0.2, 0) is 0 Å². The Hall–Kier alpha value is -1.85. The molecule has 0 unspecified atom stereocenters. The highest BCUT2D eigenvalue weighted by Gasteiger charge is 2.15. The highest BCUT2D eigenvalue weighted by Crippen LogP contribution is 2.27. The zero-order valence-electron chi connectivity index (χ0n) is 10.9. The van der Waals surface area contributed by atoms with E-state index in [2.05, 4.69) is 5.32 Å². The Morgan fingerprint density at radius 1 is 1.20 bits per heavy atom. The minimum atomic E-state index is -0.990. The molecule has 2 N–H and O–H groups in total. The second kappa shape index (κ2) is 5.64. The Morgan fingerprint density at radius 2 is 1.90 bits per heavy atom. The molecule has 104 valence electrons. The lowest BCUT2D eigenvalue weighted by Crippen LogP contribution is -2.12. The van der Waals surface area contributed by atoms with Crippen molar-refractivity contribution in [2.45, 2.75) is 13.8 Å². The van der Waals surface area contributed by atoms with Crippen LogP contribution in [0.25, 0.3) is 0 Å². The Kier molecular flexibility index (Phi) is 4.11. The predicted octanol–water partition coefficient (Wildman–Crippen LogP) is 3.97. The summed E-state index contributed by atoms with van der Waals surface area (Å²) in [5.41, 5.74) is 1.91.